The molecule has 6 heteroatoms. The summed E-state index contributed by atoms with van der Waals surface area (Å²) in [5.74, 6) is -0.370. The lowest BCUT2D eigenvalue weighted by atomic mass is 10.0. The van der Waals surface area contributed by atoms with E-state index in [4.69, 9.17) is 0 Å². The van der Waals surface area contributed by atoms with E-state index in [1.165, 1.54) is 6.07 Å². The van der Waals surface area contributed by atoms with E-state index in [0.717, 1.165) is 5.56 Å². The molecule has 0 bridgehead atoms. The summed E-state index contributed by atoms with van der Waals surface area (Å²) in [5.41, 5.74) is 2.39. The highest BCUT2D eigenvalue weighted by Gasteiger charge is 2.29. The molecule has 0 radical (unpaired) electrons. The first kappa shape index (κ1) is 18.8. The highest BCUT2D eigenvalue weighted by atomic mass is 32.2. The van der Waals surface area contributed by atoms with E-state index >= 15 is 0 Å². The molecule has 0 aliphatic heterocycles. The van der Waals surface area contributed by atoms with Crippen molar-refractivity contribution < 1.29 is 8.94 Å². The summed E-state index contributed by atoms with van der Waals surface area (Å²) in [7, 11) is 0. The minimum atomic E-state index is -1.24. The second-order valence-electron chi connectivity index (χ2n) is 7.17. The Morgan fingerprint density at radius 3 is 2.58 bits per heavy atom. The topological polar surface area (TPSA) is 60.9 Å². The van der Waals surface area contributed by atoms with E-state index in [0.29, 0.717) is 22.3 Å². The predicted molar refractivity (Wildman–Crippen MR) is 104 cm³/mol. The van der Waals surface area contributed by atoms with Gasteiger partial charge in [-0.1, -0.05) is 18.2 Å². The first-order valence-electron chi connectivity index (χ1n) is 8.46. The van der Waals surface area contributed by atoms with Gasteiger partial charge in [0.05, 0.1) is 17.4 Å². The molecule has 1 aromatic carbocycles. The second kappa shape index (κ2) is 7.31. The van der Waals surface area contributed by atoms with Crippen molar-refractivity contribution >= 4 is 22.3 Å². The number of pyridine rings is 2. The van der Waals surface area contributed by atoms with Crippen molar-refractivity contribution in [2.45, 2.75) is 38.5 Å². The molecule has 0 spiro atoms. The van der Waals surface area contributed by atoms with E-state index in [1.807, 2.05) is 58.0 Å². The molecule has 2 unspecified atom stereocenters. The number of benzene rings is 1. The van der Waals surface area contributed by atoms with Gasteiger partial charge >= 0.3 is 0 Å². The van der Waals surface area contributed by atoms with Crippen LogP contribution in [0, 0.1) is 5.82 Å². The first-order chi connectivity index (χ1) is 12.3. The van der Waals surface area contributed by atoms with Crippen LogP contribution in [0.3, 0.4) is 0 Å². The zero-order valence-electron chi connectivity index (χ0n) is 15.3. The van der Waals surface area contributed by atoms with Gasteiger partial charge in [0.15, 0.2) is 0 Å². The molecule has 0 saturated carbocycles. The van der Waals surface area contributed by atoms with E-state index in [1.54, 1.807) is 12.3 Å². The molecule has 0 amide bonds. The van der Waals surface area contributed by atoms with Crippen LogP contribution in [-0.2, 0) is 11.4 Å². The van der Waals surface area contributed by atoms with Crippen LogP contribution in [0.4, 0.5) is 4.39 Å². The number of nitrogens with zero attached hydrogens (tertiary/aromatic N) is 2. The van der Waals surface area contributed by atoms with Crippen LogP contribution in [0.1, 0.15) is 39.3 Å². The molecule has 2 heterocycles. The predicted octanol–water partition coefficient (Wildman–Crippen LogP) is 4.55. The van der Waals surface area contributed by atoms with Gasteiger partial charge in [0.25, 0.3) is 0 Å². The van der Waals surface area contributed by atoms with Gasteiger partial charge < -0.3 is 4.55 Å². The van der Waals surface area contributed by atoms with Crippen molar-refractivity contribution in [1.29, 1.82) is 0 Å². The molecule has 0 aliphatic carbocycles. The minimum Gasteiger partial charge on any atom is -0.598 e. The van der Waals surface area contributed by atoms with Crippen LogP contribution in [-0.4, -0.2) is 19.3 Å². The second-order valence-corrected chi connectivity index (χ2v) is 9.17. The van der Waals surface area contributed by atoms with Crippen molar-refractivity contribution in [3.63, 3.8) is 0 Å². The Kier molecular flexibility index (Phi) is 5.27. The fraction of sp³-hybridized carbons (Fsp3) is 0.300. The first-order valence-corrected chi connectivity index (χ1v) is 9.61. The Hall–Kier alpha value is -2.02. The van der Waals surface area contributed by atoms with Gasteiger partial charge in [-0.2, -0.15) is 0 Å². The maximum Gasteiger partial charge on any atom is 0.149 e. The fourth-order valence-electron chi connectivity index (χ4n) is 2.62. The Morgan fingerprint density at radius 2 is 1.92 bits per heavy atom. The lowest BCUT2D eigenvalue weighted by molar-refractivity contribution is 0.531. The highest BCUT2D eigenvalue weighted by molar-refractivity contribution is 7.90. The number of hydrogen-bond acceptors (Lipinski definition) is 4. The summed E-state index contributed by atoms with van der Waals surface area (Å²) >= 11 is -1.24. The van der Waals surface area contributed by atoms with Crippen LogP contribution >= 0.6 is 0 Å². The van der Waals surface area contributed by atoms with Crippen molar-refractivity contribution in [3.8, 4) is 11.4 Å². The molecule has 3 rings (SSSR count). The average molecular weight is 371 g/mol. The minimum absolute atomic E-state index is 0.243. The zero-order chi connectivity index (χ0) is 18.9. The summed E-state index contributed by atoms with van der Waals surface area (Å²) in [6.07, 6.45) is 1.68. The monoisotopic (exact) mass is 371 g/mol. The standard InChI is InChI=1S/C20H22FN3OS/c1-13(24-26(25)20(2,3)4)15-12-14-8-7-9-16(21)18(14)23-19(15)17-10-5-6-11-22-17/h5-13,24H,1-4H3. The maximum absolute atomic E-state index is 14.2. The summed E-state index contributed by atoms with van der Waals surface area (Å²) in [6.45, 7) is 7.67. The van der Waals surface area contributed by atoms with Crippen molar-refractivity contribution in [2.75, 3.05) is 0 Å². The number of rotatable bonds is 4. The maximum atomic E-state index is 14.2. The van der Waals surface area contributed by atoms with Gasteiger partial charge in [-0.15, -0.1) is 4.72 Å². The SMILES string of the molecule is CC(N[S+]([O-])C(C)(C)C)c1cc2cccc(F)c2nc1-c1ccccn1. The lowest BCUT2D eigenvalue weighted by Gasteiger charge is -2.27. The Labute approximate surface area is 156 Å². The number of halogens is 1. The number of aromatic nitrogens is 2. The van der Waals surface area contributed by atoms with Crippen molar-refractivity contribution in [1.82, 2.24) is 14.7 Å². The molecule has 1 N–H and O–H groups in total. The molecule has 0 saturated heterocycles. The quantitative estimate of drug-likeness (QED) is 0.684. The normalized spacial score (nSPS) is 14.4. The van der Waals surface area contributed by atoms with Crippen LogP contribution in [0.15, 0.2) is 48.7 Å². The molecular formula is C20H22FN3OS. The van der Waals surface area contributed by atoms with Crippen LogP contribution in [0.2, 0.25) is 0 Å². The van der Waals surface area contributed by atoms with Gasteiger partial charge in [0.1, 0.15) is 16.1 Å². The zero-order valence-corrected chi connectivity index (χ0v) is 16.1. The van der Waals surface area contributed by atoms with Crippen LogP contribution in [0.5, 0.6) is 0 Å². The van der Waals surface area contributed by atoms with Gasteiger partial charge in [0.2, 0.25) is 0 Å². The Bertz CT molecular complexity index is 912. The van der Waals surface area contributed by atoms with E-state index in [2.05, 4.69) is 14.7 Å². The number of fused-ring (bicyclic) bond motifs is 1. The van der Waals surface area contributed by atoms with Crippen LogP contribution in [0.25, 0.3) is 22.3 Å². The van der Waals surface area contributed by atoms with Crippen LogP contribution < -0.4 is 4.72 Å². The average Bonchev–Trinajstić information content (AvgIpc) is 2.61. The molecule has 136 valence electrons. The van der Waals surface area contributed by atoms with E-state index in [-0.39, 0.29) is 11.9 Å². The van der Waals surface area contributed by atoms with E-state index in [9.17, 15) is 8.94 Å². The number of hydrogen-bond donors (Lipinski definition) is 1. The lowest BCUT2D eigenvalue weighted by Crippen LogP contribution is -2.40. The molecule has 26 heavy (non-hydrogen) atoms. The third-order valence-corrected chi connectivity index (χ3v) is 5.72. The Balaban J connectivity index is 2.13. The molecule has 2 atom stereocenters. The molecular weight excluding hydrogens is 349 g/mol. The van der Waals surface area contributed by atoms with E-state index < -0.39 is 16.1 Å². The smallest absolute Gasteiger partial charge is 0.149 e. The molecule has 4 nitrogen and oxygen atoms in total. The van der Waals surface area contributed by atoms with Gasteiger partial charge in [-0.05, 0) is 52.0 Å². The summed E-state index contributed by atoms with van der Waals surface area (Å²) in [6, 6.07) is 12.1. The largest absolute Gasteiger partial charge is 0.598 e. The summed E-state index contributed by atoms with van der Waals surface area (Å²) in [5, 5.41) is 0.704. The molecule has 2 aromatic heterocycles. The van der Waals surface area contributed by atoms with Gasteiger partial charge in [0, 0.05) is 28.5 Å². The third kappa shape index (κ3) is 3.87. The Morgan fingerprint density at radius 1 is 1.15 bits per heavy atom. The number of nitrogens with one attached hydrogen (secondary N) is 1. The van der Waals surface area contributed by atoms with Gasteiger partial charge in [-0.3, -0.25) is 4.98 Å². The fourth-order valence-corrected chi connectivity index (χ4v) is 3.42. The summed E-state index contributed by atoms with van der Waals surface area (Å²) < 4.78 is 29.5. The van der Waals surface area contributed by atoms with Crippen molar-refractivity contribution in [2.24, 2.45) is 0 Å². The number of para-hydroxylation sites is 1. The van der Waals surface area contributed by atoms with Gasteiger partial charge in [-0.25, -0.2) is 9.37 Å². The molecule has 0 aliphatic rings. The summed E-state index contributed by atoms with van der Waals surface area (Å²) in [4.78, 5) is 8.93. The molecule has 3 aromatic rings. The highest BCUT2D eigenvalue weighted by Crippen LogP contribution is 2.31. The van der Waals surface area contributed by atoms with Crippen molar-refractivity contribution in [3.05, 3.63) is 60.0 Å². The third-order valence-electron chi connectivity index (χ3n) is 4.04. The molecule has 0 fully saturated rings.